The van der Waals surface area contributed by atoms with Gasteiger partial charge in [-0.3, -0.25) is 10.1 Å². The standard InChI is InChI=1S/C13H19BrN2O2/c1-9-7-10(14)11(8-12(9)16(17)18)15-6-5-13(2,3)4/h7-8,15H,5-6H2,1-4H3. The lowest BCUT2D eigenvalue weighted by Crippen LogP contribution is -2.13. The maximum atomic E-state index is 10.9. The fourth-order valence-corrected chi connectivity index (χ4v) is 2.16. The van der Waals surface area contributed by atoms with Crippen LogP contribution in [-0.2, 0) is 0 Å². The molecule has 0 saturated heterocycles. The highest BCUT2D eigenvalue weighted by Crippen LogP contribution is 2.31. The van der Waals surface area contributed by atoms with Gasteiger partial charge in [-0.1, -0.05) is 20.8 Å². The molecule has 0 aliphatic carbocycles. The first kappa shape index (κ1) is 15.0. The van der Waals surface area contributed by atoms with Gasteiger partial charge in [0.15, 0.2) is 0 Å². The number of benzene rings is 1. The molecule has 0 fully saturated rings. The molecule has 0 spiro atoms. The van der Waals surface area contributed by atoms with E-state index in [0.29, 0.717) is 5.56 Å². The summed E-state index contributed by atoms with van der Waals surface area (Å²) in [5.41, 5.74) is 1.83. The van der Waals surface area contributed by atoms with E-state index in [-0.39, 0.29) is 16.0 Å². The predicted molar refractivity (Wildman–Crippen MR) is 78.1 cm³/mol. The minimum absolute atomic E-state index is 0.149. The maximum absolute atomic E-state index is 10.9. The second-order valence-electron chi connectivity index (χ2n) is 5.61. The van der Waals surface area contributed by atoms with Crippen molar-refractivity contribution >= 4 is 27.3 Å². The molecule has 18 heavy (non-hydrogen) atoms. The summed E-state index contributed by atoms with van der Waals surface area (Å²) < 4.78 is 0.861. The number of nitro benzene ring substituents is 1. The Labute approximate surface area is 116 Å². The van der Waals surface area contributed by atoms with Crippen molar-refractivity contribution in [3.8, 4) is 0 Å². The van der Waals surface area contributed by atoms with E-state index >= 15 is 0 Å². The molecule has 1 aromatic carbocycles. The minimum atomic E-state index is -0.350. The van der Waals surface area contributed by atoms with E-state index in [4.69, 9.17) is 0 Å². The lowest BCUT2D eigenvalue weighted by molar-refractivity contribution is -0.385. The number of hydrogen-bond acceptors (Lipinski definition) is 3. The van der Waals surface area contributed by atoms with Crippen molar-refractivity contribution in [3.05, 3.63) is 32.3 Å². The third kappa shape index (κ3) is 4.29. The number of halogens is 1. The van der Waals surface area contributed by atoms with Crippen LogP contribution in [0.2, 0.25) is 0 Å². The smallest absolute Gasteiger partial charge is 0.274 e. The van der Waals surface area contributed by atoms with Crippen molar-refractivity contribution in [2.75, 3.05) is 11.9 Å². The van der Waals surface area contributed by atoms with Crippen LogP contribution in [0.25, 0.3) is 0 Å². The number of aryl methyl sites for hydroxylation is 1. The molecule has 0 amide bonds. The molecule has 0 unspecified atom stereocenters. The Bertz CT molecular complexity index is 453. The van der Waals surface area contributed by atoms with Gasteiger partial charge in [0.25, 0.3) is 5.69 Å². The number of nitro groups is 1. The fraction of sp³-hybridized carbons (Fsp3) is 0.538. The summed E-state index contributed by atoms with van der Waals surface area (Å²) in [6.07, 6.45) is 1.00. The zero-order valence-corrected chi connectivity index (χ0v) is 12.8. The molecule has 1 aromatic rings. The highest BCUT2D eigenvalue weighted by molar-refractivity contribution is 9.10. The van der Waals surface area contributed by atoms with E-state index in [2.05, 4.69) is 42.0 Å². The quantitative estimate of drug-likeness (QED) is 0.657. The maximum Gasteiger partial charge on any atom is 0.274 e. The number of hydrogen-bond donors (Lipinski definition) is 1. The van der Waals surface area contributed by atoms with Crippen LogP contribution in [-0.4, -0.2) is 11.5 Å². The van der Waals surface area contributed by atoms with Crippen LogP contribution in [0.15, 0.2) is 16.6 Å². The molecule has 1 rings (SSSR count). The van der Waals surface area contributed by atoms with Crippen LogP contribution >= 0.6 is 15.9 Å². The molecule has 0 radical (unpaired) electrons. The van der Waals surface area contributed by atoms with Crippen LogP contribution in [0.5, 0.6) is 0 Å². The minimum Gasteiger partial charge on any atom is -0.384 e. The van der Waals surface area contributed by atoms with E-state index in [1.54, 1.807) is 19.1 Å². The molecule has 5 heteroatoms. The van der Waals surface area contributed by atoms with Crippen LogP contribution in [0.1, 0.15) is 32.8 Å². The fourth-order valence-electron chi connectivity index (χ4n) is 1.57. The SMILES string of the molecule is Cc1cc(Br)c(NCCC(C)(C)C)cc1[N+](=O)[O-]. The normalized spacial score (nSPS) is 11.4. The Morgan fingerprint density at radius 1 is 1.39 bits per heavy atom. The van der Waals surface area contributed by atoms with Crippen LogP contribution in [0.3, 0.4) is 0 Å². The van der Waals surface area contributed by atoms with Crippen LogP contribution in [0, 0.1) is 22.5 Å². The summed E-state index contributed by atoms with van der Waals surface area (Å²) >= 11 is 3.43. The number of rotatable bonds is 4. The van der Waals surface area contributed by atoms with Gasteiger partial charge in [0.2, 0.25) is 0 Å². The first-order valence-corrected chi connectivity index (χ1v) is 6.68. The van der Waals surface area contributed by atoms with Gasteiger partial charge in [0.05, 0.1) is 10.6 Å². The summed E-state index contributed by atoms with van der Waals surface area (Å²) in [7, 11) is 0. The molecule has 0 aliphatic heterocycles. The molecule has 0 heterocycles. The van der Waals surface area contributed by atoms with Gasteiger partial charge in [-0.25, -0.2) is 0 Å². The molecular formula is C13H19BrN2O2. The summed E-state index contributed by atoms with van der Waals surface area (Å²) in [4.78, 5) is 10.5. The summed E-state index contributed by atoms with van der Waals surface area (Å²) in [5, 5.41) is 14.1. The van der Waals surface area contributed by atoms with Crippen molar-refractivity contribution in [2.24, 2.45) is 5.41 Å². The van der Waals surface area contributed by atoms with Crippen molar-refractivity contribution in [1.29, 1.82) is 0 Å². The van der Waals surface area contributed by atoms with Crippen molar-refractivity contribution in [1.82, 2.24) is 0 Å². The first-order valence-electron chi connectivity index (χ1n) is 5.89. The van der Waals surface area contributed by atoms with Crippen molar-refractivity contribution in [2.45, 2.75) is 34.1 Å². The third-order valence-corrected chi connectivity index (χ3v) is 3.33. The zero-order chi connectivity index (χ0) is 13.9. The predicted octanol–water partition coefficient (Wildman–Crippen LogP) is 4.51. The first-order chi connectivity index (χ1) is 8.20. The molecule has 0 aromatic heterocycles. The van der Waals surface area contributed by atoms with E-state index in [9.17, 15) is 10.1 Å². The Kier molecular flexibility index (Phi) is 4.73. The topological polar surface area (TPSA) is 55.2 Å². The monoisotopic (exact) mass is 314 g/mol. The zero-order valence-electron chi connectivity index (χ0n) is 11.2. The summed E-state index contributed by atoms with van der Waals surface area (Å²) in [6, 6.07) is 3.36. The average Bonchev–Trinajstić information content (AvgIpc) is 2.18. The van der Waals surface area contributed by atoms with E-state index in [0.717, 1.165) is 23.1 Å². The average molecular weight is 315 g/mol. The molecule has 4 nitrogen and oxygen atoms in total. The van der Waals surface area contributed by atoms with E-state index in [1.165, 1.54) is 0 Å². The second-order valence-corrected chi connectivity index (χ2v) is 6.47. The van der Waals surface area contributed by atoms with Gasteiger partial charge >= 0.3 is 0 Å². The molecular weight excluding hydrogens is 296 g/mol. The largest absolute Gasteiger partial charge is 0.384 e. The summed E-state index contributed by atoms with van der Waals surface area (Å²) in [5.74, 6) is 0. The van der Waals surface area contributed by atoms with Crippen molar-refractivity contribution in [3.63, 3.8) is 0 Å². The lowest BCUT2D eigenvalue weighted by atomic mass is 9.92. The number of anilines is 1. The Hall–Kier alpha value is -1.10. The van der Waals surface area contributed by atoms with Crippen LogP contribution < -0.4 is 5.32 Å². The molecule has 0 bridgehead atoms. The highest BCUT2D eigenvalue weighted by atomic mass is 79.9. The van der Waals surface area contributed by atoms with Crippen LogP contribution in [0.4, 0.5) is 11.4 Å². The van der Waals surface area contributed by atoms with Gasteiger partial charge in [0.1, 0.15) is 0 Å². The Morgan fingerprint density at radius 2 is 2.00 bits per heavy atom. The highest BCUT2D eigenvalue weighted by Gasteiger charge is 2.15. The Morgan fingerprint density at radius 3 is 2.50 bits per heavy atom. The number of nitrogens with one attached hydrogen (secondary N) is 1. The molecule has 0 atom stereocenters. The summed E-state index contributed by atoms with van der Waals surface area (Å²) in [6.45, 7) is 9.04. The van der Waals surface area contributed by atoms with Gasteiger partial charge in [-0.15, -0.1) is 0 Å². The number of nitrogens with zero attached hydrogens (tertiary/aromatic N) is 1. The second kappa shape index (κ2) is 5.69. The molecule has 100 valence electrons. The third-order valence-electron chi connectivity index (χ3n) is 2.67. The van der Waals surface area contributed by atoms with Crippen molar-refractivity contribution < 1.29 is 4.92 Å². The van der Waals surface area contributed by atoms with E-state index < -0.39 is 0 Å². The Balaban J connectivity index is 2.83. The molecule has 0 saturated carbocycles. The molecule has 1 N–H and O–H groups in total. The van der Waals surface area contributed by atoms with Gasteiger partial charge < -0.3 is 5.32 Å². The van der Waals surface area contributed by atoms with Gasteiger partial charge in [0, 0.05) is 22.6 Å². The van der Waals surface area contributed by atoms with Gasteiger partial charge in [-0.05, 0) is 40.8 Å². The van der Waals surface area contributed by atoms with Gasteiger partial charge in [-0.2, -0.15) is 0 Å². The lowest BCUT2D eigenvalue weighted by Gasteiger charge is -2.19. The molecule has 0 aliphatic rings. The van der Waals surface area contributed by atoms with E-state index in [1.807, 2.05) is 0 Å².